The van der Waals surface area contributed by atoms with Crippen LogP contribution in [0.5, 0.6) is 0 Å². The van der Waals surface area contributed by atoms with Crippen molar-refractivity contribution in [2.24, 2.45) is 0 Å². The molecule has 104 valence electrons. The van der Waals surface area contributed by atoms with Crippen LogP contribution in [0, 0.1) is 6.92 Å². The minimum atomic E-state index is 0.0217. The first-order chi connectivity index (χ1) is 9.35. The maximum absolute atomic E-state index is 4.41. The summed E-state index contributed by atoms with van der Waals surface area (Å²) in [5.41, 5.74) is 5.43. The fourth-order valence-electron chi connectivity index (χ4n) is 2.06. The Morgan fingerprint density at radius 3 is 2.30 bits per heavy atom. The summed E-state index contributed by atoms with van der Waals surface area (Å²) in [7, 11) is 0. The average molecular weight is 266 g/mol. The highest BCUT2D eigenvalue weighted by molar-refractivity contribution is 5.67. The molecular formula is C18H22N2. The fourth-order valence-corrected chi connectivity index (χ4v) is 2.06. The number of nitrogens with one attached hydrogen (secondary N) is 1. The van der Waals surface area contributed by atoms with E-state index >= 15 is 0 Å². The van der Waals surface area contributed by atoms with Crippen LogP contribution in [0.2, 0.25) is 0 Å². The lowest BCUT2D eigenvalue weighted by Gasteiger charge is -2.24. The lowest BCUT2D eigenvalue weighted by molar-refractivity contribution is 0.502. The zero-order valence-corrected chi connectivity index (χ0v) is 12.7. The lowest BCUT2D eigenvalue weighted by Crippen LogP contribution is -2.33. The second kappa shape index (κ2) is 5.49. The molecule has 2 aromatic rings. The molecule has 2 nitrogen and oxygen atoms in total. The highest BCUT2D eigenvalue weighted by Crippen LogP contribution is 2.21. The highest BCUT2D eigenvalue weighted by Gasteiger charge is 2.11. The summed E-state index contributed by atoms with van der Waals surface area (Å²) in [5, 5.41) is 3.39. The van der Waals surface area contributed by atoms with Crippen LogP contribution >= 0.6 is 0 Å². The molecule has 1 heterocycles. The number of rotatable bonds is 3. The van der Waals surface area contributed by atoms with E-state index in [1.165, 1.54) is 5.56 Å². The van der Waals surface area contributed by atoms with Crippen molar-refractivity contribution < 1.29 is 0 Å². The Bertz CT molecular complexity index is 604. The standard InChI is InChI=1S/C18H22N2/c1-13-10-11-19-17(12-13)16-8-6-15(7-9-16)14(2)20-18(3,4)5/h6-12,20H,2H2,1,3-5H3. The van der Waals surface area contributed by atoms with E-state index in [4.69, 9.17) is 0 Å². The van der Waals surface area contributed by atoms with Crippen molar-refractivity contribution >= 4 is 5.70 Å². The fraction of sp³-hybridized carbons (Fsp3) is 0.278. The monoisotopic (exact) mass is 266 g/mol. The third kappa shape index (κ3) is 3.70. The zero-order chi connectivity index (χ0) is 14.8. The summed E-state index contributed by atoms with van der Waals surface area (Å²) in [6.45, 7) is 12.6. The number of pyridine rings is 1. The Labute approximate surface area is 121 Å². The first-order valence-electron chi connectivity index (χ1n) is 6.86. The first kappa shape index (κ1) is 14.3. The van der Waals surface area contributed by atoms with Gasteiger partial charge in [-0.25, -0.2) is 0 Å². The molecule has 0 bridgehead atoms. The Morgan fingerprint density at radius 2 is 1.75 bits per heavy atom. The molecule has 0 saturated heterocycles. The third-order valence-electron chi connectivity index (χ3n) is 2.97. The molecule has 0 unspecified atom stereocenters. The second-order valence-corrected chi connectivity index (χ2v) is 6.15. The molecule has 0 radical (unpaired) electrons. The summed E-state index contributed by atoms with van der Waals surface area (Å²) >= 11 is 0. The molecule has 1 N–H and O–H groups in total. The Morgan fingerprint density at radius 1 is 1.10 bits per heavy atom. The van der Waals surface area contributed by atoms with Gasteiger partial charge in [-0.05, 0) is 51.0 Å². The molecule has 0 fully saturated rings. The molecule has 1 aromatic heterocycles. The van der Waals surface area contributed by atoms with E-state index in [1.807, 2.05) is 12.3 Å². The van der Waals surface area contributed by atoms with E-state index in [-0.39, 0.29) is 5.54 Å². The van der Waals surface area contributed by atoms with Crippen LogP contribution in [0.1, 0.15) is 31.9 Å². The number of benzene rings is 1. The van der Waals surface area contributed by atoms with Gasteiger partial charge in [-0.15, -0.1) is 0 Å². The molecule has 2 rings (SSSR count). The summed E-state index contributed by atoms with van der Waals surface area (Å²) in [4.78, 5) is 4.41. The predicted molar refractivity (Wildman–Crippen MR) is 86.3 cm³/mol. The maximum atomic E-state index is 4.41. The van der Waals surface area contributed by atoms with Crippen molar-refractivity contribution in [3.8, 4) is 11.3 Å². The average Bonchev–Trinajstić information content (AvgIpc) is 2.37. The van der Waals surface area contributed by atoms with Crippen LogP contribution < -0.4 is 5.32 Å². The van der Waals surface area contributed by atoms with Gasteiger partial charge in [0.05, 0.1) is 5.69 Å². The molecule has 0 aliphatic heterocycles. The molecule has 1 aromatic carbocycles. The van der Waals surface area contributed by atoms with Crippen molar-refractivity contribution in [1.29, 1.82) is 0 Å². The molecule has 20 heavy (non-hydrogen) atoms. The Balaban J connectivity index is 2.20. The van der Waals surface area contributed by atoms with Crippen molar-refractivity contribution in [2.75, 3.05) is 0 Å². The molecule has 0 aliphatic rings. The van der Waals surface area contributed by atoms with E-state index in [0.717, 1.165) is 22.5 Å². The summed E-state index contributed by atoms with van der Waals surface area (Å²) in [5.74, 6) is 0. The maximum Gasteiger partial charge on any atom is 0.0704 e. The van der Waals surface area contributed by atoms with Crippen LogP contribution in [0.25, 0.3) is 17.0 Å². The van der Waals surface area contributed by atoms with E-state index < -0.39 is 0 Å². The Kier molecular flexibility index (Phi) is 3.93. The van der Waals surface area contributed by atoms with Crippen molar-refractivity contribution in [2.45, 2.75) is 33.2 Å². The van der Waals surface area contributed by atoms with Crippen molar-refractivity contribution in [1.82, 2.24) is 10.3 Å². The molecule has 0 spiro atoms. The molecule has 0 saturated carbocycles. The second-order valence-electron chi connectivity index (χ2n) is 6.15. The van der Waals surface area contributed by atoms with Crippen molar-refractivity contribution in [3.63, 3.8) is 0 Å². The minimum absolute atomic E-state index is 0.0217. The summed E-state index contributed by atoms with van der Waals surface area (Å²) in [6, 6.07) is 12.4. The van der Waals surface area contributed by atoms with Gasteiger partial charge in [0, 0.05) is 23.0 Å². The number of hydrogen-bond donors (Lipinski definition) is 1. The SMILES string of the molecule is C=C(NC(C)(C)C)c1ccc(-c2cc(C)ccn2)cc1. The van der Waals surface area contributed by atoms with Gasteiger partial charge in [0.2, 0.25) is 0 Å². The van der Waals surface area contributed by atoms with Gasteiger partial charge < -0.3 is 5.32 Å². The van der Waals surface area contributed by atoms with Gasteiger partial charge in [-0.1, -0.05) is 30.8 Å². The van der Waals surface area contributed by atoms with Crippen molar-refractivity contribution in [3.05, 3.63) is 60.3 Å². The predicted octanol–water partition coefficient (Wildman–Crippen LogP) is 4.42. The van der Waals surface area contributed by atoms with E-state index in [2.05, 4.69) is 74.9 Å². The molecule has 0 amide bonds. The van der Waals surface area contributed by atoms with Gasteiger partial charge in [-0.3, -0.25) is 4.98 Å². The molecule has 0 atom stereocenters. The van der Waals surface area contributed by atoms with Crippen LogP contribution in [0.15, 0.2) is 49.2 Å². The van der Waals surface area contributed by atoms with Gasteiger partial charge in [0.15, 0.2) is 0 Å². The third-order valence-corrected chi connectivity index (χ3v) is 2.97. The quantitative estimate of drug-likeness (QED) is 0.889. The van der Waals surface area contributed by atoms with Gasteiger partial charge >= 0.3 is 0 Å². The number of aromatic nitrogens is 1. The zero-order valence-electron chi connectivity index (χ0n) is 12.7. The van der Waals surface area contributed by atoms with Crippen LogP contribution in [0.4, 0.5) is 0 Å². The molecular weight excluding hydrogens is 244 g/mol. The lowest BCUT2D eigenvalue weighted by atomic mass is 10.0. The normalized spacial score (nSPS) is 11.2. The van der Waals surface area contributed by atoms with E-state index in [1.54, 1.807) is 0 Å². The van der Waals surface area contributed by atoms with E-state index in [0.29, 0.717) is 0 Å². The highest BCUT2D eigenvalue weighted by atomic mass is 15.0. The molecule has 0 aliphatic carbocycles. The van der Waals surface area contributed by atoms with Crippen LogP contribution in [-0.4, -0.2) is 10.5 Å². The van der Waals surface area contributed by atoms with Gasteiger partial charge in [0.1, 0.15) is 0 Å². The first-order valence-corrected chi connectivity index (χ1v) is 6.86. The Hall–Kier alpha value is -2.09. The summed E-state index contributed by atoms with van der Waals surface area (Å²) < 4.78 is 0. The molecule has 2 heteroatoms. The van der Waals surface area contributed by atoms with E-state index in [9.17, 15) is 0 Å². The number of nitrogens with zero attached hydrogens (tertiary/aromatic N) is 1. The largest absolute Gasteiger partial charge is 0.380 e. The number of aryl methyl sites for hydroxylation is 1. The topological polar surface area (TPSA) is 24.9 Å². The minimum Gasteiger partial charge on any atom is -0.380 e. The summed E-state index contributed by atoms with van der Waals surface area (Å²) in [6.07, 6.45) is 1.85. The van der Waals surface area contributed by atoms with Gasteiger partial charge in [0.25, 0.3) is 0 Å². The van der Waals surface area contributed by atoms with Gasteiger partial charge in [-0.2, -0.15) is 0 Å². The van der Waals surface area contributed by atoms with Crippen LogP contribution in [0.3, 0.4) is 0 Å². The van der Waals surface area contributed by atoms with Crippen LogP contribution in [-0.2, 0) is 0 Å². The smallest absolute Gasteiger partial charge is 0.0704 e. The number of hydrogen-bond acceptors (Lipinski definition) is 2.